The fraction of sp³-hybridized carbons (Fsp3) is 0.737. The van der Waals surface area contributed by atoms with Crippen molar-refractivity contribution in [2.24, 2.45) is 5.41 Å². The topological polar surface area (TPSA) is 56.8 Å². The molecule has 1 aromatic rings. The van der Waals surface area contributed by atoms with Gasteiger partial charge in [-0.2, -0.15) is 0 Å². The van der Waals surface area contributed by atoms with E-state index in [9.17, 15) is 9.59 Å². The molecule has 2 aliphatic rings. The van der Waals surface area contributed by atoms with E-state index in [-0.39, 0.29) is 17.9 Å². The highest BCUT2D eigenvalue weighted by Crippen LogP contribution is 2.27. The molecule has 1 aromatic heterocycles. The first-order valence-corrected chi connectivity index (χ1v) is 10.4. The minimum atomic E-state index is -0.437. The monoisotopic (exact) mass is 378 g/mol. The van der Waals surface area contributed by atoms with Gasteiger partial charge >= 0.3 is 0 Å². The van der Waals surface area contributed by atoms with Gasteiger partial charge in [0.25, 0.3) is 0 Å². The van der Waals surface area contributed by atoms with Crippen molar-refractivity contribution in [1.29, 1.82) is 0 Å². The molecule has 0 radical (unpaired) electrons. The van der Waals surface area contributed by atoms with Gasteiger partial charge in [-0.05, 0) is 19.8 Å². The third kappa shape index (κ3) is 4.26. The number of thiazole rings is 1. The zero-order chi connectivity index (χ0) is 18.9. The zero-order valence-corrected chi connectivity index (χ0v) is 17.1. The predicted octanol–water partition coefficient (Wildman–Crippen LogP) is 2.13. The van der Waals surface area contributed by atoms with Gasteiger partial charge in [0.1, 0.15) is 6.04 Å². The molecule has 0 bridgehead atoms. The summed E-state index contributed by atoms with van der Waals surface area (Å²) >= 11 is 1.68. The molecule has 0 aliphatic carbocycles. The first-order valence-electron chi connectivity index (χ1n) is 9.49. The molecule has 2 aliphatic heterocycles. The van der Waals surface area contributed by atoms with Crippen LogP contribution in [0.5, 0.6) is 0 Å². The molecular formula is C19H30N4O2S. The molecule has 1 atom stereocenters. The van der Waals surface area contributed by atoms with Crippen molar-refractivity contribution >= 4 is 23.2 Å². The van der Waals surface area contributed by atoms with E-state index in [4.69, 9.17) is 0 Å². The van der Waals surface area contributed by atoms with E-state index in [1.165, 1.54) is 0 Å². The van der Waals surface area contributed by atoms with Crippen molar-refractivity contribution < 1.29 is 9.59 Å². The minimum absolute atomic E-state index is 0.0888. The van der Waals surface area contributed by atoms with Crippen LogP contribution in [0.1, 0.15) is 44.3 Å². The van der Waals surface area contributed by atoms with Crippen LogP contribution in [-0.4, -0.2) is 70.3 Å². The smallest absolute Gasteiger partial charge is 0.245 e. The number of likely N-dealkylation sites (tertiary alicyclic amines) is 1. The molecule has 7 heteroatoms. The number of carbonyl (C=O) groups excluding carboxylic acids is 2. The highest BCUT2D eigenvalue weighted by molar-refractivity contribution is 7.09. The minimum Gasteiger partial charge on any atom is -0.338 e. The highest BCUT2D eigenvalue weighted by atomic mass is 32.1. The Kier molecular flexibility index (Phi) is 5.67. The summed E-state index contributed by atoms with van der Waals surface area (Å²) in [6, 6.07) is -0.269. The predicted molar refractivity (Wildman–Crippen MR) is 103 cm³/mol. The van der Waals surface area contributed by atoms with Crippen LogP contribution in [0.2, 0.25) is 0 Å². The molecule has 2 amide bonds. The Morgan fingerprint density at radius 2 is 1.88 bits per heavy atom. The van der Waals surface area contributed by atoms with E-state index >= 15 is 0 Å². The van der Waals surface area contributed by atoms with E-state index in [1.54, 1.807) is 11.3 Å². The van der Waals surface area contributed by atoms with Crippen LogP contribution in [0.3, 0.4) is 0 Å². The molecule has 26 heavy (non-hydrogen) atoms. The quantitative estimate of drug-likeness (QED) is 0.809. The normalized spacial score (nSPS) is 22.1. The Morgan fingerprint density at radius 3 is 2.46 bits per heavy atom. The summed E-state index contributed by atoms with van der Waals surface area (Å²) in [5.74, 6) is 0.218. The second-order valence-corrected chi connectivity index (χ2v) is 9.43. The SMILES string of the molecule is Cc1nc(CN2CCN(C(=O)C3CCCN3C(=O)C(C)(C)C)CC2)cs1. The van der Waals surface area contributed by atoms with Gasteiger partial charge in [-0.25, -0.2) is 4.98 Å². The third-order valence-corrected chi connectivity index (χ3v) is 6.00. The zero-order valence-electron chi connectivity index (χ0n) is 16.3. The molecule has 2 saturated heterocycles. The first kappa shape index (κ1) is 19.3. The fourth-order valence-corrected chi connectivity index (χ4v) is 4.35. The van der Waals surface area contributed by atoms with Crippen LogP contribution in [-0.2, 0) is 16.1 Å². The lowest BCUT2D eigenvalue weighted by atomic mass is 9.94. The van der Waals surface area contributed by atoms with Crippen molar-refractivity contribution in [3.63, 3.8) is 0 Å². The van der Waals surface area contributed by atoms with Gasteiger partial charge in [0.05, 0.1) is 10.7 Å². The van der Waals surface area contributed by atoms with Crippen LogP contribution in [0.25, 0.3) is 0 Å². The Bertz CT molecular complexity index is 659. The summed E-state index contributed by atoms with van der Waals surface area (Å²) in [5, 5.41) is 3.21. The van der Waals surface area contributed by atoms with E-state index in [1.807, 2.05) is 37.5 Å². The molecule has 1 unspecified atom stereocenters. The maximum Gasteiger partial charge on any atom is 0.245 e. The van der Waals surface area contributed by atoms with Crippen LogP contribution in [0.15, 0.2) is 5.38 Å². The van der Waals surface area contributed by atoms with Crippen LogP contribution in [0.4, 0.5) is 0 Å². The van der Waals surface area contributed by atoms with Gasteiger partial charge in [0, 0.05) is 50.1 Å². The van der Waals surface area contributed by atoms with E-state index < -0.39 is 5.41 Å². The van der Waals surface area contributed by atoms with E-state index in [2.05, 4.69) is 15.3 Å². The van der Waals surface area contributed by atoms with Crippen molar-refractivity contribution in [2.75, 3.05) is 32.7 Å². The summed E-state index contributed by atoms with van der Waals surface area (Å²) in [7, 11) is 0. The van der Waals surface area contributed by atoms with Crippen LogP contribution >= 0.6 is 11.3 Å². The molecule has 3 heterocycles. The number of hydrogen-bond donors (Lipinski definition) is 0. The number of carbonyl (C=O) groups is 2. The molecule has 0 spiro atoms. The number of aryl methyl sites for hydroxylation is 1. The number of piperazine rings is 1. The fourth-order valence-electron chi connectivity index (χ4n) is 3.74. The molecule has 144 valence electrons. The third-order valence-electron chi connectivity index (χ3n) is 5.18. The Labute approximate surface area is 160 Å². The lowest BCUT2D eigenvalue weighted by Crippen LogP contribution is -2.55. The summed E-state index contributed by atoms with van der Waals surface area (Å²) in [6.45, 7) is 12.5. The second-order valence-electron chi connectivity index (χ2n) is 8.37. The number of nitrogens with zero attached hydrogens (tertiary/aromatic N) is 4. The molecule has 0 aromatic carbocycles. The van der Waals surface area contributed by atoms with Crippen LogP contribution in [0, 0.1) is 12.3 Å². The summed E-state index contributed by atoms with van der Waals surface area (Å²) in [4.78, 5) is 36.3. The standard InChI is InChI=1S/C19H30N4O2S/c1-14-20-15(13-26-14)12-21-8-10-22(11-9-21)17(24)16-6-5-7-23(16)18(25)19(2,3)4/h13,16H,5-12H2,1-4H3. The Hall–Kier alpha value is -1.47. The Morgan fingerprint density at radius 1 is 1.19 bits per heavy atom. The largest absolute Gasteiger partial charge is 0.338 e. The average molecular weight is 379 g/mol. The molecule has 3 rings (SSSR count). The van der Waals surface area contributed by atoms with Crippen molar-refractivity contribution in [1.82, 2.24) is 19.7 Å². The Balaban J connectivity index is 1.55. The molecule has 6 nitrogen and oxygen atoms in total. The molecular weight excluding hydrogens is 348 g/mol. The molecule has 2 fully saturated rings. The molecule has 0 saturated carbocycles. The van der Waals surface area contributed by atoms with Gasteiger partial charge in [0.2, 0.25) is 11.8 Å². The van der Waals surface area contributed by atoms with E-state index in [0.717, 1.165) is 56.3 Å². The number of aromatic nitrogens is 1. The van der Waals surface area contributed by atoms with Crippen molar-refractivity contribution in [3.05, 3.63) is 16.1 Å². The number of hydrogen-bond acceptors (Lipinski definition) is 5. The average Bonchev–Trinajstić information content (AvgIpc) is 3.22. The number of rotatable bonds is 3. The van der Waals surface area contributed by atoms with Crippen molar-refractivity contribution in [3.8, 4) is 0 Å². The maximum absolute atomic E-state index is 13.0. The molecule has 0 N–H and O–H groups in total. The number of amides is 2. The van der Waals surface area contributed by atoms with Gasteiger partial charge in [-0.3, -0.25) is 14.5 Å². The van der Waals surface area contributed by atoms with Gasteiger partial charge in [-0.15, -0.1) is 11.3 Å². The van der Waals surface area contributed by atoms with E-state index in [0.29, 0.717) is 6.54 Å². The second kappa shape index (κ2) is 7.64. The van der Waals surface area contributed by atoms with Gasteiger partial charge in [0.15, 0.2) is 0 Å². The lowest BCUT2D eigenvalue weighted by Gasteiger charge is -2.38. The first-order chi connectivity index (χ1) is 12.3. The highest BCUT2D eigenvalue weighted by Gasteiger charge is 2.40. The summed E-state index contributed by atoms with van der Waals surface area (Å²) in [5.41, 5.74) is 0.678. The maximum atomic E-state index is 13.0. The summed E-state index contributed by atoms with van der Waals surface area (Å²) in [6.07, 6.45) is 1.71. The van der Waals surface area contributed by atoms with Crippen molar-refractivity contribution in [2.45, 2.75) is 53.1 Å². The lowest BCUT2D eigenvalue weighted by molar-refractivity contribution is -0.149. The summed E-state index contributed by atoms with van der Waals surface area (Å²) < 4.78 is 0. The van der Waals surface area contributed by atoms with Crippen LogP contribution < -0.4 is 0 Å². The van der Waals surface area contributed by atoms with Gasteiger partial charge in [-0.1, -0.05) is 20.8 Å². The van der Waals surface area contributed by atoms with Gasteiger partial charge < -0.3 is 9.80 Å².